The largest absolute Gasteiger partial charge is 0.502 e. The summed E-state index contributed by atoms with van der Waals surface area (Å²) in [5.74, 6) is -2.34. The number of carboxylic acids is 1. The molecule has 4 N–H and O–H groups in total. The molecular formula is C10H12N2O8S. The minimum atomic E-state index is -4.43. The topological polar surface area (TPSA) is 167 Å². The molecule has 0 aliphatic carbocycles. The van der Waals surface area contributed by atoms with Gasteiger partial charge in [0.15, 0.2) is 5.75 Å². The second kappa shape index (κ2) is 6.03. The molecule has 0 saturated heterocycles. The number of hydrogen-bond acceptors (Lipinski definition) is 7. The van der Waals surface area contributed by atoms with Gasteiger partial charge in [-0.15, -0.1) is 0 Å². The summed E-state index contributed by atoms with van der Waals surface area (Å²) in [7, 11) is -4.43. The van der Waals surface area contributed by atoms with Gasteiger partial charge < -0.3 is 15.3 Å². The Hall–Kier alpha value is -2.24. The quantitative estimate of drug-likeness (QED) is 0.398. The number of rotatable bonds is 6. The maximum atomic E-state index is 11.9. The molecular weight excluding hydrogens is 308 g/mol. The monoisotopic (exact) mass is 320 g/mol. The average molecular weight is 320 g/mol. The molecule has 1 aromatic carbocycles. The highest BCUT2D eigenvalue weighted by Gasteiger charge is 2.30. The fourth-order valence-corrected chi connectivity index (χ4v) is 2.69. The van der Waals surface area contributed by atoms with Crippen LogP contribution in [-0.4, -0.2) is 46.8 Å². The third-order valence-electron chi connectivity index (χ3n) is 2.48. The summed E-state index contributed by atoms with van der Waals surface area (Å²) < 4.78 is 25.6. The maximum Gasteiger partial charge on any atom is 0.324 e. The number of carbonyl (C=O) groups is 1. The number of aliphatic carboxylic acids is 1. The predicted octanol–water partition coefficient (Wildman–Crippen LogP) is -0.587. The molecule has 0 heterocycles. The molecule has 0 aromatic heterocycles. The molecule has 1 rings (SSSR count). The van der Waals surface area contributed by atoms with Crippen molar-refractivity contribution in [2.24, 2.45) is 0 Å². The first-order valence-corrected chi connectivity index (χ1v) is 6.95. The first-order valence-electron chi connectivity index (χ1n) is 5.47. The number of sulfonamides is 1. The highest BCUT2D eigenvalue weighted by Crippen LogP contribution is 2.28. The summed E-state index contributed by atoms with van der Waals surface area (Å²) in [6.07, 6.45) is -1.52. The van der Waals surface area contributed by atoms with E-state index in [1.165, 1.54) is 0 Å². The standard InChI is InChI=1S/C10H12N2O8S/c1-5(13)9(10(15)16)11-21(19,20)6-2-3-8(14)7(4-6)12(17)18/h2-5,9,11,13-14H,1H3,(H,15,16). The van der Waals surface area contributed by atoms with E-state index in [0.29, 0.717) is 6.07 Å². The van der Waals surface area contributed by atoms with Crippen LogP contribution in [0.15, 0.2) is 23.1 Å². The Morgan fingerprint density at radius 1 is 1.43 bits per heavy atom. The predicted molar refractivity (Wildman–Crippen MR) is 68.2 cm³/mol. The van der Waals surface area contributed by atoms with Crippen LogP contribution in [0.5, 0.6) is 5.75 Å². The lowest BCUT2D eigenvalue weighted by molar-refractivity contribution is -0.386. The number of aromatic hydroxyl groups is 1. The molecule has 0 aliphatic heterocycles. The minimum Gasteiger partial charge on any atom is -0.502 e. The number of aliphatic hydroxyl groups is 1. The number of phenolic OH excluding ortho intramolecular Hbond substituents is 1. The molecule has 0 saturated carbocycles. The van der Waals surface area contributed by atoms with Crippen molar-refractivity contribution in [1.82, 2.24) is 4.72 Å². The number of carboxylic acid groups (broad SMARTS) is 1. The molecule has 0 bridgehead atoms. The summed E-state index contributed by atoms with van der Waals surface area (Å²) in [5.41, 5.74) is -0.846. The molecule has 21 heavy (non-hydrogen) atoms. The van der Waals surface area contributed by atoms with E-state index < -0.39 is 49.4 Å². The van der Waals surface area contributed by atoms with E-state index in [1.807, 2.05) is 0 Å². The zero-order chi connectivity index (χ0) is 16.4. The fraction of sp³-hybridized carbons (Fsp3) is 0.300. The summed E-state index contributed by atoms with van der Waals surface area (Å²) in [6.45, 7) is 1.07. The average Bonchev–Trinajstić information content (AvgIpc) is 2.35. The number of nitro groups is 1. The smallest absolute Gasteiger partial charge is 0.324 e. The maximum absolute atomic E-state index is 11.9. The molecule has 0 spiro atoms. The number of benzene rings is 1. The van der Waals surface area contributed by atoms with Crippen molar-refractivity contribution >= 4 is 21.7 Å². The molecule has 2 atom stereocenters. The fourth-order valence-electron chi connectivity index (χ4n) is 1.41. The van der Waals surface area contributed by atoms with Gasteiger partial charge in [-0.25, -0.2) is 8.42 Å². The van der Waals surface area contributed by atoms with E-state index in [2.05, 4.69) is 0 Å². The van der Waals surface area contributed by atoms with E-state index in [-0.39, 0.29) is 0 Å². The van der Waals surface area contributed by atoms with Gasteiger partial charge in [0, 0.05) is 6.07 Å². The number of nitrogens with zero attached hydrogens (tertiary/aromatic N) is 1. The lowest BCUT2D eigenvalue weighted by Gasteiger charge is -2.17. The zero-order valence-corrected chi connectivity index (χ0v) is 11.4. The van der Waals surface area contributed by atoms with Crippen LogP contribution >= 0.6 is 0 Å². The van der Waals surface area contributed by atoms with Gasteiger partial charge in [-0.2, -0.15) is 4.72 Å². The third-order valence-corrected chi connectivity index (χ3v) is 3.92. The van der Waals surface area contributed by atoms with Gasteiger partial charge in [-0.3, -0.25) is 14.9 Å². The van der Waals surface area contributed by atoms with Crippen molar-refractivity contribution in [3.8, 4) is 5.75 Å². The SMILES string of the molecule is CC(O)C(NS(=O)(=O)c1ccc(O)c([N+](=O)[O-])c1)C(=O)O. The van der Waals surface area contributed by atoms with E-state index in [4.69, 9.17) is 5.11 Å². The Morgan fingerprint density at radius 2 is 2.00 bits per heavy atom. The van der Waals surface area contributed by atoms with Crippen LogP contribution in [0, 0.1) is 10.1 Å². The van der Waals surface area contributed by atoms with Crippen molar-refractivity contribution in [2.45, 2.75) is 24.0 Å². The van der Waals surface area contributed by atoms with Gasteiger partial charge in [-0.05, 0) is 19.1 Å². The van der Waals surface area contributed by atoms with Crippen molar-refractivity contribution in [2.75, 3.05) is 0 Å². The number of nitrogens with one attached hydrogen (secondary N) is 1. The first-order chi connectivity index (χ1) is 9.56. The summed E-state index contributed by atoms with van der Waals surface area (Å²) >= 11 is 0. The van der Waals surface area contributed by atoms with Crippen molar-refractivity contribution in [3.63, 3.8) is 0 Å². The van der Waals surface area contributed by atoms with Crippen LogP contribution in [0.2, 0.25) is 0 Å². The van der Waals surface area contributed by atoms with E-state index in [0.717, 1.165) is 19.1 Å². The Kier molecular flexibility index (Phi) is 4.83. The normalized spacial score (nSPS) is 14.4. The lowest BCUT2D eigenvalue weighted by atomic mass is 10.2. The third kappa shape index (κ3) is 3.87. The van der Waals surface area contributed by atoms with Gasteiger partial charge in [-0.1, -0.05) is 0 Å². The van der Waals surface area contributed by atoms with E-state index in [1.54, 1.807) is 4.72 Å². The van der Waals surface area contributed by atoms with E-state index >= 15 is 0 Å². The number of phenols is 1. The van der Waals surface area contributed by atoms with Crippen LogP contribution in [0.1, 0.15) is 6.92 Å². The highest BCUT2D eigenvalue weighted by atomic mass is 32.2. The highest BCUT2D eigenvalue weighted by molar-refractivity contribution is 7.89. The molecule has 10 nitrogen and oxygen atoms in total. The van der Waals surface area contributed by atoms with Crippen LogP contribution in [0.4, 0.5) is 5.69 Å². The Balaban J connectivity index is 3.22. The summed E-state index contributed by atoms with van der Waals surface area (Å²) in [4.78, 5) is 19.9. The molecule has 0 amide bonds. The second-order valence-corrected chi connectivity index (χ2v) is 5.80. The van der Waals surface area contributed by atoms with Crippen molar-refractivity contribution < 1.29 is 33.5 Å². The lowest BCUT2D eigenvalue weighted by Crippen LogP contribution is -2.47. The van der Waals surface area contributed by atoms with Crippen LogP contribution in [0.3, 0.4) is 0 Å². The number of hydrogen-bond donors (Lipinski definition) is 4. The van der Waals surface area contributed by atoms with Gasteiger partial charge >= 0.3 is 11.7 Å². The molecule has 11 heteroatoms. The Bertz CT molecular complexity index is 670. The van der Waals surface area contributed by atoms with Crippen molar-refractivity contribution in [3.05, 3.63) is 28.3 Å². The van der Waals surface area contributed by atoms with Gasteiger partial charge in [0.25, 0.3) is 0 Å². The molecule has 0 aliphatic rings. The number of aliphatic hydroxyl groups excluding tert-OH is 1. The van der Waals surface area contributed by atoms with Crippen molar-refractivity contribution in [1.29, 1.82) is 0 Å². The zero-order valence-electron chi connectivity index (χ0n) is 10.6. The van der Waals surface area contributed by atoms with Crippen LogP contribution < -0.4 is 4.72 Å². The molecule has 2 unspecified atom stereocenters. The van der Waals surface area contributed by atoms with Gasteiger partial charge in [0.2, 0.25) is 10.0 Å². The van der Waals surface area contributed by atoms with Gasteiger partial charge in [0.1, 0.15) is 6.04 Å². The Morgan fingerprint density at radius 3 is 2.43 bits per heavy atom. The second-order valence-electron chi connectivity index (χ2n) is 4.09. The minimum absolute atomic E-state index is 0.582. The number of nitro benzene ring substituents is 1. The van der Waals surface area contributed by atoms with E-state index in [9.17, 15) is 33.5 Å². The first kappa shape index (κ1) is 16.8. The molecule has 1 aromatic rings. The molecule has 116 valence electrons. The molecule has 0 fully saturated rings. The van der Waals surface area contributed by atoms with Gasteiger partial charge in [0.05, 0.1) is 15.9 Å². The Labute approximate surface area is 118 Å². The molecule has 0 radical (unpaired) electrons. The summed E-state index contributed by atoms with van der Waals surface area (Å²) in [6, 6.07) is 0.428. The van der Waals surface area contributed by atoms with Crippen LogP contribution in [0.25, 0.3) is 0 Å². The summed E-state index contributed by atoms with van der Waals surface area (Å²) in [5, 5.41) is 37.9. The van der Waals surface area contributed by atoms with Crippen LogP contribution in [-0.2, 0) is 14.8 Å².